The minimum atomic E-state index is -0.475. The smallest absolute Gasteiger partial charge is 0.265 e. The van der Waals surface area contributed by atoms with E-state index >= 15 is 0 Å². The van der Waals surface area contributed by atoms with E-state index in [0.717, 1.165) is 37.9 Å². The third-order valence-corrected chi connectivity index (χ3v) is 6.23. The van der Waals surface area contributed by atoms with E-state index in [1.807, 2.05) is 38.1 Å². The quantitative estimate of drug-likeness (QED) is 0.347. The number of nitrogens with zero attached hydrogens (tertiary/aromatic N) is 2. The minimum absolute atomic E-state index is 0.0713. The number of likely N-dealkylation sites (N-methyl/N-ethyl adjacent to an activating group) is 1. The lowest BCUT2D eigenvalue weighted by atomic mass is 10.1. The predicted octanol–water partition coefficient (Wildman–Crippen LogP) is 4.27. The van der Waals surface area contributed by atoms with Crippen LogP contribution in [0.5, 0.6) is 0 Å². The minimum Gasteiger partial charge on any atom is -0.317 e. The molecule has 1 fully saturated rings. The van der Waals surface area contributed by atoms with Gasteiger partial charge < -0.3 is 4.57 Å². The fraction of sp³-hybridized carbons (Fsp3) is 0.136. The number of carbonyl (C=O) groups excluding carboxylic acids is 2. The van der Waals surface area contributed by atoms with E-state index in [4.69, 9.17) is 12.2 Å². The second-order valence-electron chi connectivity index (χ2n) is 6.96. The summed E-state index contributed by atoms with van der Waals surface area (Å²) in [6.45, 7) is 3.99. The maximum atomic E-state index is 12.5. The Balaban J connectivity index is 1.87. The zero-order valence-corrected chi connectivity index (χ0v) is 18.5. The van der Waals surface area contributed by atoms with Crippen LogP contribution in [0.1, 0.15) is 17.0 Å². The molecule has 1 saturated heterocycles. The zero-order chi connectivity index (χ0) is 20.9. The lowest BCUT2D eigenvalue weighted by Crippen LogP contribution is -2.52. The van der Waals surface area contributed by atoms with Crippen LogP contribution in [0.2, 0.25) is 0 Å². The molecule has 7 heteroatoms. The van der Waals surface area contributed by atoms with Crippen LogP contribution in [0.15, 0.2) is 52.5 Å². The summed E-state index contributed by atoms with van der Waals surface area (Å²) in [5.41, 5.74) is 3.88. The van der Waals surface area contributed by atoms with Crippen molar-refractivity contribution in [2.24, 2.45) is 0 Å². The van der Waals surface area contributed by atoms with E-state index in [2.05, 4.69) is 44.0 Å². The predicted molar refractivity (Wildman–Crippen MR) is 122 cm³/mol. The van der Waals surface area contributed by atoms with E-state index < -0.39 is 11.8 Å². The van der Waals surface area contributed by atoms with Crippen molar-refractivity contribution in [2.75, 3.05) is 7.05 Å². The Hall–Kier alpha value is -2.77. The number of rotatable bonds is 2. The average Bonchev–Trinajstić information content (AvgIpc) is 2.97. The molecule has 4 rings (SSSR count). The molecule has 1 aromatic heterocycles. The van der Waals surface area contributed by atoms with Crippen LogP contribution in [0.4, 0.5) is 0 Å². The van der Waals surface area contributed by atoms with E-state index in [1.54, 1.807) is 13.1 Å². The fourth-order valence-corrected chi connectivity index (χ4v) is 4.30. The zero-order valence-electron chi connectivity index (χ0n) is 16.1. The Morgan fingerprint density at radius 1 is 1.07 bits per heavy atom. The van der Waals surface area contributed by atoms with Crippen LogP contribution in [-0.2, 0) is 9.59 Å². The largest absolute Gasteiger partial charge is 0.317 e. The maximum Gasteiger partial charge on any atom is 0.265 e. The van der Waals surface area contributed by atoms with E-state index in [0.29, 0.717) is 0 Å². The number of benzene rings is 2. The molecule has 0 aliphatic carbocycles. The molecule has 0 radical (unpaired) electrons. The molecule has 1 aliphatic rings. The Morgan fingerprint density at radius 2 is 1.76 bits per heavy atom. The number of aromatic nitrogens is 1. The second-order valence-corrected chi connectivity index (χ2v) is 8.20. The normalized spacial score (nSPS) is 16.1. The molecule has 3 aromatic rings. The van der Waals surface area contributed by atoms with Crippen LogP contribution in [0.25, 0.3) is 22.5 Å². The second kappa shape index (κ2) is 7.24. The lowest BCUT2D eigenvalue weighted by molar-refractivity contribution is -0.128. The van der Waals surface area contributed by atoms with Gasteiger partial charge in [0.1, 0.15) is 5.57 Å². The highest BCUT2D eigenvalue weighted by atomic mass is 79.9. The molecule has 0 unspecified atom stereocenters. The van der Waals surface area contributed by atoms with Crippen LogP contribution < -0.4 is 5.32 Å². The molecule has 2 amide bonds. The van der Waals surface area contributed by atoms with Gasteiger partial charge >= 0.3 is 0 Å². The summed E-state index contributed by atoms with van der Waals surface area (Å²) in [4.78, 5) is 26.1. The summed E-state index contributed by atoms with van der Waals surface area (Å²) in [5, 5.41) is 4.90. The Bertz CT molecular complexity index is 1240. The van der Waals surface area contributed by atoms with Crippen LogP contribution in [0, 0.1) is 13.8 Å². The number of aryl methyl sites for hydroxylation is 1. The van der Waals surface area contributed by atoms with Gasteiger partial charge in [0.2, 0.25) is 0 Å². The molecule has 2 heterocycles. The first-order valence-electron chi connectivity index (χ1n) is 9.01. The molecular formula is C22H18BrN3O2S. The molecule has 2 aromatic carbocycles. The molecule has 1 aliphatic heterocycles. The number of nitrogens with one attached hydrogen (secondary N) is 1. The molecule has 0 spiro atoms. The summed E-state index contributed by atoms with van der Waals surface area (Å²) >= 11 is 8.63. The highest BCUT2D eigenvalue weighted by molar-refractivity contribution is 9.10. The molecule has 1 N–H and O–H groups in total. The first kappa shape index (κ1) is 19.5. The molecule has 0 bridgehead atoms. The monoisotopic (exact) mass is 467 g/mol. The number of hydrogen-bond donors (Lipinski definition) is 1. The number of halogens is 1. The van der Waals surface area contributed by atoms with Gasteiger partial charge in [0.15, 0.2) is 5.11 Å². The summed E-state index contributed by atoms with van der Waals surface area (Å²) in [7, 11) is 1.55. The van der Waals surface area contributed by atoms with E-state index in [1.165, 1.54) is 4.90 Å². The summed E-state index contributed by atoms with van der Waals surface area (Å²) in [5.74, 6) is -0.880. The summed E-state index contributed by atoms with van der Waals surface area (Å²) in [6.07, 6.45) is 1.63. The topological polar surface area (TPSA) is 54.3 Å². The standard InChI is InChI=1S/C22H18BrN3O2S/c1-12-10-14(11-17-20(27)24-22(29)25(3)21(17)28)13(2)26(12)19-9-8-18(23)15-6-4-5-7-16(15)19/h4-11H,1-3H3,(H,24,27,29)/b17-11-. The van der Waals surface area contributed by atoms with Gasteiger partial charge in [-0.2, -0.15) is 0 Å². The third kappa shape index (κ3) is 3.20. The molecule has 29 heavy (non-hydrogen) atoms. The highest BCUT2D eigenvalue weighted by Gasteiger charge is 2.31. The Labute approximate surface area is 182 Å². The van der Waals surface area contributed by atoms with Gasteiger partial charge in [-0.3, -0.25) is 19.8 Å². The van der Waals surface area contributed by atoms with Gasteiger partial charge in [-0.1, -0.05) is 40.2 Å². The number of fused-ring (bicyclic) bond motifs is 1. The Kier molecular flexibility index (Phi) is 4.88. The molecular weight excluding hydrogens is 450 g/mol. The molecule has 0 atom stereocenters. The average molecular weight is 468 g/mol. The van der Waals surface area contributed by atoms with Crippen molar-refractivity contribution in [1.29, 1.82) is 0 Å². The number of carbonyl (C=O) groups is 2. The third-order valence-electron chi connectivity index (χ3n) is 5.16. The molecule has 146 valence electrons. The van der Waals surface area contributed by atoms with Crippen molar-refractivity contribution >= 4 is 61.9 Å². The number of amides is 2. The van der Waals surface area contributed by atoms with Crippen molar-refractivity contribution < 1.29 is 9.59 Å². The highest BCUT2D eigenvalue weighted by Crippen LogP contribution is 2.32. The van der Waals surface area contributed by atoms with Gasteiger partial charge in [0.25, 0.3) is 11.8 Å². The van der Waals surface area contributed by atoms with E-state index in [-0.39, 0.29) is 10.7 Å². The van der Waals surface area contributed by atoms with Crippen molar-refractivity contribution in [3.63, 3.8) is 0 Å². The summed E-state index contributed by atoms with van der Waals surface area (Å²) in [6, 6.07) is 14.3. The SMILES string of the molecule is Cc1cc(/C=C2/C(=O)NC(=S)N(C)C2=O)c(C)n1-c1ccc(Br)c2ccccc12. The van der Waals surface area contributed by atoms with Gasteiger partial charge in [-0.15, -0.1) is 0 Å². The number of thiocarbonyl (C=S) groups is 1. The van der Waals surface area contributed by atoms with Crippen molar-refractivity contribution in [1.82, 2.24) is 14.8 Å². The van der Waals surface area contributed by atoms with E-state index in [9.17, 15) is 9.59 Å². The van der Waals surface area contributed by atoms with Crippen LogP contribution in [0.3, 0.4) is 0 Å². The molecule has 0 saturated carbocycles. The van der Waals surface area contributed by atoms with Gasteiger partial charge in [-0.25, -0.2) is 0 Å². The lowest BCUT2D eigenvalue weighted by Gasteiger charge is -2.25. The van der Waals surface area contributed by atoms with Crippen LogP contribution >= 0.6 is 28.1 Å². The van der Waals surface area contributed by atoms with Gasteiger partial charge in [-0.05, 0) is 61.3 Å². The first-order valence-corrected chi connectivity index (χ1v) is 10.2. The van der Waals surface area contributed by atoms with Gasteiger partial charge in [0, 0.05) is 28.3 Å². The fourth-order valence-electron chi connectivity index (χ4n) is 3.65. The van der Waals surface area contributed by atoms with Crippen molar-refractivity contribution in [2.45, 2.75) is 13.8 Å². The van der Waals surface area contributed by atoms with Crippen LogP contribution in [-0.4, -0.2) is 33.4 Å². The molecule has 5 nitrogen and oxygen atoms in total. The van der Waals surface area contributed by atoms with Gasteiger partial charge in [0.05, 0.1) is 5.69 Å². The Morgan fingerprint density at radius 3 is 2.48 bits per heavy atom. The maximum absolute atomic E-state index is 12.5. The van der Waals surface area contributed by atoms with Crippen molar-refractivity contribution in [3.05, 3.63) is 69.5 Å². The first-order chi connectivity index (χ1) is 13.8. The summed E-state index contributed by atoms with van der Waals surface area (Å²) < 4.78 is 3.17. The number of hydrogen-bond acceptors (Lipinski definition) is 3. The van der Waals surface area contributed by atoms with Crippen molar-refractivity contribution in [3.8, 4) is 5.69 Å².